The fourth-order valence-electron chi connectivity index (χ4n) is 1.43. The molecule has 1 heterocycles. The minimum absolute atomic E-state index is 0.0991. The summed E-state index contributed by atoms with van der Waals surface area (Å²) in [4.78, 5) is 13.0. The molecule has 2 rings (SSSR count). The summed E-state index contributed by atoms with van der Waals surface area (Å²) in [5.74, 6) is -2.61. The van der Waals surface area contributed by atoms with E-state index in [4.69, 9.17) is 16.7 Å². The topological polar surface area (TPSA) is 50.2 Å². The maximum atomic E-state index is 13.6. The van der Waals surface area contributed by atoms with Crippen molar-refractivity contribution in [2.45, 2.75) is 6.18 Å². The van der Waals surface area contributed by atoms with E-state index in [0.29, 0.717) is 0 Å². The number of hydrogen-bond acceptors (Lipinski definition) is 3. The monoisotopic (exact) mass is 325 g/mol. The molecule has 0 unspecified atom stereocenters. The number of benzene rings is 1. The van der Waals surface area contributed by atoms with Crippen LogP contribution < -0.4 is 0 Å². The van der Waals surface area contributed by atoms with Gasteiger partial charge >= 0.3 is 12.1 Å². The highest BCUT2D eigenvalue weighted by molar-refractivity contribution is 7.17. The lowest BCUT2D eigenvalue weighted by molar-refractivity contribution is -0.141. The zero-order chi connectivity index (χ0) is 15.1. The average molecular weight is 326 g/mol. The Balaban J connectivity index is 2.65. The van der Waals surface area contributed by atoms with E-state index >= 15 is 0 Å². The first-order valence-corrected chi connectivity index (χ1v) is 6.16. The van der Waals surface area contributed by atoms with Crippen LogP contribution in [0.15, 0.2) is 18.2 Å². The van der Waals surface area contributed by atoms with Crippen molar-refractivity contribution in [1.82, 2.24) is 4.98 Å². The van der Waals surface area contributed by atoms with E-state index < -0.39 is 33.5 Å². The molecule has 2 aromatic rings. The normalized spacial score (nSPS) is 11.7. The van der Waals surface area contributed by atoms with Gasteiger partial charge in [-0.3, -0.25) is 0 Å². The van der Waals surface area contributed by atoms with E-state index in [1.807, 2.05) is 0 Å². The highest BCUT2D eigenvalue weighted by Crippen LogP contribution is 2.38. The van der Waals surface area contributed by atoms with Crippen molar-refractivity contribution in [3.8, 4) is 10.6 Å². The van der Waals surface area contributed by atoms with Crippen LogP contribution in [0, 0.1) is 5.82 Å². The molecule has 1 aromatic heterocycles. The zero-order valence-corrected chi connectivity index (χ0v) is 10.9. The van der Waals surface area contributed by atoms with Crippen molar-refractivity contribution in [3.63, 3.8) is 0 Å². The van der Waals surface area contributed by atoms with Gasteiger partial charge in [0.25, 0.3) is 0 Å². The van der Waals surface area contributed by atoms with Gasteiger partial charge in [0.15, 0.2) is 5.69 Å². The van der Waals surface area contributed by atoms with Crippen LogP contribution in [-0.2, 0) is 6.18 Å². The van der Waals surface area contributed by atoms with E-state index in [9.17, 15) is 22.4 Å². The van der Waals surface area contributed by atoms with Crippen LogP contribution in [0.3, 0.4) is 0 Å². The number of aromatic nitrogens is 1. The minimum atomic E-state index is -4.93. The minimum Gasteiger partial charge on any atom is -0.477 e. The number of carboxylic acid groups (broad SMARTS) is 1. The molecular formula is C11H4ClF4NO2S. The third kappa shape index (κ3) is 2.75. The smallest absolute Gasteiger partial charge is 0.435 e. The number of hydrogen-bond donors (Lipinski definition) is 1. The Hall–Kier alpha value is -1.67. The number of nitrogens with zero attached hydrogens (tertiary/aromatic N) is 1. The maximum absolute atomic E-state index is 13.6. The van der Waals surface area contributed by atoms with Gasteiger partial charge in [0.05, 0.1) is 0 Å². The largest absolute Gasteiger partial charge is 0.477 e. The Morgan fingerprint density at radius 3 is 2.50 bits per heavy atom. The molecule has 1 N–H and O–H groups in total. The van der Waals surface area contributed by atoms with Crippen LogP contribution >= 0.6 is 22.9 Å². The number of rotatable bonds is 2. The van der Waals surface area contributed by atoms with Gasteiger partial charge < -0.3 is 5.11 Å². The second kappa shape index (κ2) is 5.02. The Labute approximate surface area is 118 Å². The van der Waals surface area contributed by atoms with E-state index in [1.54, 1.807) is 0 Å². The first-order valence-electron chi connectivity index (χ1n) is 4.97. The predicted octanol–water partition coefficient (Wildman–Crippen LogP) is 4.32. The molecule has 9 heteroatoms. The Bertz CT molecular complexity index is 684. The summed E-state index contributed by atoms with van der Waals surface area (Å²) in [5, 5.41) is 8.47. The highest BCUT2D eigenvalue weighted by Gasteiger charge is 2.40. The molecule has 1 aromatic carbocycles. The molecule has 106 valence electrons. The molecule has 0 fully saturated rings. The second-order valence-electron chi connectivity index (χ2n) is 3.62. The van der Waals surface area contributed by atoms with Crippen molar-refractivity contribution in [1.29, 1.82) is 0 Å². The summed E-state index contributed by atoms with van der Waals surface area (Å²) in [6.45, 7) is 0. The van der Waals surface area contributed by atoms with Crippen LogP contribution in [0.5, 0.6) is 0 Å². The van der Waals surface area contributed by atoms with Crippen molar-refractivity contribution in [2.24, 2.45) is 0 Å². The van der Waals surface area contributed by atoms with Gasteiger partial charge in [-0.15, -0.1) is 11.3 Å². The molecule has 0 bridgehead atoms. The molecule has 0 radical (unpaired) electrons. The molecule has 3 nitrogen and oxygen atoms in total. The fourth-order valence-corrected chi connectivity index (χ4v) is 2.55. The lowest BCUT2D eigenvalue weighted by Crippen LogP contribution is -2.11. The SMILES string of the molecule is O=C(O)c1sc(-c2cc(Cl)ccc2F)nc1C(F)(F)F. The van der Waals surface area contributed by atoms with Gasteiger partial charge in [-0.1, -0.05) is 11.6 Å². The number of aromatic carboxylic acids is 1. The first-order chi connectivity index (χ1) is 9.20. The number of carboxylic acids is 1. The lowest BCUT2D eigenvalue weighted by atomic mass is 10.2. The Morgan fingerprint density at radius 2 is 2.00 bits per heavy atom. The molecule has 0 aliphatic heterocycles. The standard InChI is InChI=1S/C11H4ClF4NO2S/c12-4-1-2-6(13)5(3-4)9-17-8(11(14,15)16)7(20-9)10(18)19/h1-3H,(H,18,19). The van der Waals surface area contributed by atoms with Gasteiger partial charge in [0.1, 0.15) is 15.7 Å². The third-order valence-corrected chi connectivity index (χ3v) is 3.56. The van der Waals surface area contributed by atoms with Crippen LogP contribution in [0.2, 0.25) is 5.02 Å². The maximum Gasteiger partial charge on any atom is 0.435 e. The summed E-state index contributed by atoms with van der Waals surface area (Å²) in [5.41, 5.74) is -1.83. The van der Waals surface area contributed by atoms with Crippen LogP contribution in [0.1, 0.15) is 15.4 Å². The third-order valence-electron chi connectivity index (χ3n) is 2.25. The summed E-state index contributed by atoms with van der Waals surface area (Å²) in [6.07, 6.45) is -4.93. The molecule has 0 spiro atoms. The molecule has 20 heavy (non-hydrogen) atoms. The highest BCUT2D eigenvalue weighted by atomic mass is 35.5. The van der Waals surface area contributed by atoms with E-state index in [2.05, 4.69) is 4.98 Å². The van der Waals surface area contributed by atoms with Crippen LogP contribution in [-0.4, -0.2) is 16.1 Å². The molecule has 0 atom stereocenters. The van der Waals surface area contributed by atoms with Gasteiger partial charge in [-0.2, -0.15) is 13.2 Å². The Kier molecular flexibility index (Phi) is 3.70. The molecule has 0 aliphatic rings. The predicted molar refractivity (Wildman–Crippen MR) is 64.5 cm³/mol. The van der Waals surface area contributed by atoms with Gasteiger partial charge in [-0.05, 0) is 18.2 Å². The van der Waals surface area contributed by atoms with E-state index in [0.717, 1.165) is 12.1 Å². The summed E-state index contributed by atoms with van der Waals surface area (Å²) in [6, 6.07) is 3.27. The molecule has 0 aliphatic carbocycles. The number of halogens is 5. The molecule has 0 saturated carbocycles. The number of carbonyl (C=O) groups is 1. The van der Waals surface area contributed by atoms with Gasteiger partial charge in [0.2, 0.25) is 0 Å². The quantitative estimate of drug-likeness (QED) is 0.837. The number of thiazole rings is 1. The van der Waals surface area contributed by atoms with E-state index in [1.165, 1.54) is 6.07 Å². The summed E-state index contributed by atoms with van der Waals surface area (Å²) < 4.78 is 51.6. The van der Waals surface area contributed by atoms with Crippen molar-refractivity contribution in [3.05, 3.63) is 39.6 Å². The average Bonchev–Trinajstić information content (AvgIpc) is 2.77. The van der Waals surface area contributed by atoms with Gasteiger partial charge in [0, 0.05) is 10.6 Å². The number of alkyl halides is 3. The van der Waals surface area contributed by atoms with Crippen molar-refractivity contribution >= 4 is 28.9 Å². The Morgan fingerprint density at radius 1 is 1.35 bits per heavy atom. The fraction of sp³-hybridized carbons (Fsp3) is 0.0909. The molecule has 0 amide bonds. The first kappa shape index (κ1) is 14.7. The van der Waals surface area contributed by atoms with E-state index in [-0.39, 0.29) is 21.9 Å². The zero-order valence-electron chi connectivity index (χ0n) is 9.33. The summed E-state index contributed by atoms with van der Waals surface area (Å²) in [7, 11) is 0. The second-order valence-corrected chi connectivity index (χ2v) is 5.06. The van der Waals surface area contributed by atoms with Gasteiger partial charge in [-0.25, -0.2) is 14.2 Å². The lowest BCUT2D eigenvalue weighted by Gasteiger charge is -2.02. The van der Waals surface area contributed by atoms with Crippen molar-refractivity contribution < 1.29 is 27.5 Å². The molecule has 0 saturated heterocycles. The van der Waals surface area contributed by atoms with Crippen LogP contribution in [0.25, 0.3) is 10.6 Å². The molecular weight excluding hydrogens is 322 g/mol. The van der Waals surface area contributed by atoms with Crippen molar-refractivity contribution in [2.75, 3.05) is 0 Å². The summed E-state index contributed by atoms with van der Waals surface area (Å²) >= 11 is 5.88. The van der Waals surface area contributed by atoms with Crippen LogP contribution in [0.4, 0.5) is 17.6 Å².